The van der Waals surface area contributed by atoms with Gasteiger partial charge in [0.2, 0.25) is 0 Å². The van der Waals surface area contributed by atoms with E-state index in [9.17, 15) is 0 Å². The first-order valence-electron chi connectivity index (χ1n) is 6.72. The molecular weight excluding hydrogens is 244 g/mol. The lowest BCUT2D eigenvalue weighted by atomic mass is 9.98. The molecule has 1 heterocycles. The van der Waals surface area contributed by atoms with Crippen molar-refractivity contribution in [3.8, 4) is 0 Å². The third-order valence-corrected chi connectivity index (χ3v) is 4.92. The van der Waals surface area contributed by atoms with Crippen molar-refractivity contribution in [3.05, 3.63) is 16.1 Å². The fourth-order valence-electron chi connectivity index (χ4n) is 2.12. The van der Waals surface area contributed by atoms with Gasteiger partial charge in [0.05, 0.1) is 10.7 Å². The molecule has 0 radical (unpaired) electrons. The second-order valence-corrected chi connectivity index (χ2v) is 7.33. The van der Waals surface area contributed by atoms with Gasteiger partial charge in [0.25, 0.3) is 0 Å². The van der Waals surface area contributed by atoms with E-state index in [0.717, 1.165) is 25.2 Å². The fourth-order valence-corrected chi connectivity index (χ4v) is 3.02. The van der Waals surface area contributed by atoms with Crippen molar-refractivity contribution in [2.75, 3.05) is 13.2 Å². The summed E-state index contributed by atoms with van der Waals surface area (Å²) in [5, 5.41) is 15.9. The smallest absolute Gasteiger partial charge is 0.0982 e. The Kier molecular flexibility index (Phi) is 4.09. The highest BCUT2D eigenvalue weighted by atomic mass is 32.1. The Hall–Kier alpha value is -0.450. The van der Waals surface area contributed by atoms with Crippen molar-refractivity contribution in [1.82, 2.24) is 10.3 Å². The number of rotatable bonds is 6. The number of hydrogen-bond acceptors (Lipinski definition) is 4. The van der Waals surface area contributed by atoms with Crippen LogP contribution in [0.25, 0.3) is 0 Å². The molecule has 0 aromatic carbocycles. The topological polar surface area (TPSA) is 45.2 Å². The van der Waals surface area contributed by atoms with Crippen molar-refractivity contribution in [3.63, 3.8) is 0 Å². The lowest BCUT2D eigenvalue weighted by Crippen LogP contribution is -2.24. The van der Waals surface area contributed by atoms with E-state index in [4.69, 9.17) is 5.11 Å². The highest BCUT2D eigenvalue weighted by Crippen LogP contribution is 2.47. The minimum Gasteiger partial charge on any atom is -0.396 e. The molecule has 0 spiro atoms. The van der Waals surface area contributed by atoms with Crippen molar-refractivity contribution in [2.24, 2.45) is 5.41 Å². The van der Waals surface area contributed by atoms with Gasteiger partial charge in [0.1, 0.15) is 0 Å². The third-order valence-electron chi connectivity index (χ3n) is 3.60. The summed E-state index contributed by atoms with van der Waals surface area (Å²) in [7, 11) is 0. The van der Waals surface area contributed by atoms with Gasteiger partial charge < -0.3 is 10.4 Å². The Balaban J connectivity index is 1.79. The zero-order valence-electron chi connectivity index (χ0n) is 11.6. The molecule has 102 valence electrons. The van der Waals surface area contributed by atoms with E-state index in [1.54, 1.807) is 11.3 Å². The van der Waals surface area contributed by atoms with Gasteiger partial charge in [-0.15, -0.1) is 11.3 Å². The summed E-state index contributed by atoms with van der Waals surface area (Å²) >= 11 is 1.75. The molecule has 1 fully saturated rings. The molecule has 1 aromatic heterocycles. The molecular formula is C14H24N2OS. The summed E-state index contributed by atoms with van der Waals surface area (Å²) in [6.45, 7) is 8.76. The van der Waals surface area contributed by atoms with Gasteiger partial charge in [-0.2, -0.15) is 0 Å². The average molecular weight is 268 g/mol. The Morgan fingerprint density at radius 1 is 1.44 bits per heavy atom. The SMILES string of the molecule is CC(C)(C)c1nc(CNCC2(CCO)CC2)cs1. The Morgan fingerprint density at radius 3 is 2.67 bits per heavy atom. The van der Waals surface area contributed by atoms with Crippen LogP contribution in [-0.4, -0.2) is 23.2 Å². The third kappa shape index (κ3) is 3.53. The van der Waals surface area contributed by atoms with Crippen LogP contribution in [0, 0.1) is 5.41 Å². The maximum absolute atomic E-state index is 9.01. The molecule has 0 amide bonds. The van der Waals surface area contributed by atoms with Crippen LogP contribution < -0.4 is 5.32 Å². The Bertz CT molecular complexity index is 391. The molecule has 0 saturated heterocycles. The van der Waals surface area contributed by atoms with E-state index in [2.05, 4.69) is 36.5 Å². The van der Waals surface area contributed by atoms with E-state index in [0.29, 0.717) is 12.0 Å². The maximum Gasteiger partial charge on any atom is 0.0982 e. The first-order valence-corrected chi connectivity index (χ1v) is 7.60. The summed E-state index contributed by atoms with van der Waals surface area (Å²) in [4.78, 5) is 4.67. The maximum atomic E-state index is 9.01. The van der Waals surface area contributed by atoms with Crippen LogP contribution >= 0.6 is 11.3 Å². The van der Waals surface area contributed by atoms with E-state index in [1.807, 2.05) is 0 Å². The molecule has 0 aliphatic heterocycles. The normalized spacial score (nSPS) is 18.0. The molecule has 0 unspecified atom stereocenters. The lowest BCUT2D eigenvalue weighted by molar-refractivity contribution is 0.245. The van der Waals surface area contributed by atoms with E-state index >= 15 is 0 Å². The summed E-state index contributed by atoms with van der Waals surface area (Å²) < 4.78 is 0. The summed E-state index contributed by atoms with van der Waals surface area (Å²) in [6.07, 6.45) is 3.44. The number of aromatic nitrogens is 1. The van der Waals surface area contributed by atoms with Gasteiger partial charge in [-0.05, 0) is 24.7 Å². The van der Waals surface area contributed by atoms with Gasteiger partial charge in [-0.25, -0.2) is 4.98 Å². The minimum absolute atomic E-state index is 0.150. The van der Waals surface area contributed by atoms with Crippen LogP contribution in [0.1, 0.15) is 50.7 Å². The van der Waals surface area contributed by atoms with Gasteiger partial charge in [0.15, 0.2) is 0 Å². The summed E-state index contributed by atoms with van der Waals surface area (Å²) in [5.74, 6) is 0. The number of thiazole rings is 1. The largest absolute Gasteiger partial charge is 0.396 e. The van der Waals surface area contributed by atoms with Crippen LogP contribution in [0.4, 0.5) is 0 Å². The number of aliphatic hydroxyl groups is 1. The monoisotopic (exact) mass is 268 g/mol. The summed E-state index contributed by atoms with van der Waals surface area (Å²) in [6, 6.07) is 0. The molecule has 3 nitrogen and oxygen atoms in total. The van der Waals surface area contributed by atoms with Crippen molar-refractivity contribution in [2.45, 2.75) is 52.0 Å². The van der Waals surface area contributed by atoms with Gasteiger partial charge >= 0.3 is 0 Å². The molecule has 0 bridgehead atoms. The van der Waals surface area contributed by atoms with Crippen LogP contribution in [0.3, 0.4) is 0 Å². The predicted molar refractivity (Wildman–Crippen MR) is 75.9 cm³/mol. The second kappa shape index (κ2) is 5.27. The molecule has 18 heavy (non-hydrogen) atoms. The molecule has 0 atom stereocenters. The van der Waals surface area contributed by atoms with Gasteiger partial charge in [-0.3, -0.25) is 0 Å². The van der Waals surface area contributed by atoms with Crippen molar-refractivity contribution in [1.29, 1.82) is 0 Å². The van der Waals surface area contributed by atoms with Crippen LogP contribution in [-0.2, 0) is 12.0 Å². The lowest BCUT2D eigenvalue weighted by Gasteiger charge is -2.14. The number of hydrogen-bond donors (Lipinski definition) is 2. The Morgan fingerprint density at radius 2 is 2.17 bits per heavy atom. The second-order valence-electron chi connectivity index (χ2n) is 6.47. The molecule has 2 N–H and O–H groups in total. The average Bonchev–Trinajstić information content (AvgIpc) is 2.86. The molecule has 4 heteroatoms. The quantitative estimate of drug-likeness (QED) is 0.834. The first kappa shape index (κ1) is 14.0. The summed E-state index contributed by atoms with van der Waals surface area (Å²) in [5.41, 5.74) is 1.68. The van der Waals surface area contributed by atoms with E-state index in [-0.39, 0.29) is 5.41 Å². The zero-order valence-corrected chi connectivity index (χ0v) is 12.4. The molecule has 1 aliphatic rings. The highest BCUT2D eigenvalue weighted by molar-refractivity contribution is 7.09. The molecule has 2 rings (SSSR count). The van der Waals surface area contributed by atoms with Crippen molar-refractivity contribution < 1.29 is 5.11 Å². The van der Waals surface area contributed by atoms with Crippen LogP contribution in [0.15, 0.2) is 5.38 Å². The zero-order chi connectivity index (χ0) is 13.2. The number of aliphatic hydroxyl groups excluding tert-OH is 1. The molecule has 1 saturated carbocycles. The predicted octanol–water partition coefficient (Wildman–Crippen LogP) is 2.69. The van der Waals surface area contributed by atoms with E-state index in [1.165, 1.54) is 17.8 Å². The highest BCUT2D eigenvalue weighted by Gasteiger charge is 2.41. The van der Waals surface area contributed by atoms with E-state index < -0.39 is 0 Å². The minimum atomic E-state index is 0.150. The first-order chi connectivity index (χ1) is 8.45. The Labute approximate surface area is 114 Å². The molecule has 1 aliphatic carbocycles. The van der Waals surface area contributed by atoms with Gasteiger partial charge in [-0.1, -0.05) is 20.8 Å². The fraction of sp³-hybridized carbons (Fsp3) is 0.786. The van der Waals surface area contributed by atoms with Crippen LogP contribution in [0.5, 0.6) is 0 Å². The van der Waals surface area contributed by atoms with Crippen molar-refractivity contribution >= 4 is 11.3 Å². The van der Waals surface area contributed by atoms with Crippen LogP contribution in [0.2, 0.25) is 0 Å². The van der Waals surface area contributed by atoms with Gasteiger partial charge in [0, 0.05) is 30.5 Å². The number of nitrogens with one attached hydrogen (secondary N) is 1. The standard InChI is InChI=1S/C14H24N2OS/c1-13(2,3)12-16-11(9-18-12)8-15-10-14(4-5-14)6-7-17/h9,15,17H,4-8,10H2,1-3H3. The number of nitrogens with zero attached hydrogens (tertiary/aromatic N) is 1. The molecule has 1 aromatic rings.